The lowest BCUT2D eigenvalue weighted by Gasteiger charge is -2.13. The van der Waals surface area contributed by atoms with E-state index >= 15 is 0 Å². The zero-order valence-electron chi connectivity index (χ0n) is 17.3. The highest BCUT2D eigenvalue weighted by molar-refractivity contribution is 5.93. The summed E-state index contributed by atoms with van der Waals surface area (Å²) in [5.41, 5.74) is 5.55. The third kappa shape index (κ3) is 3.68. The number of aryl methyl sites for hydroxylation is 2. The summed E-state index contributed by atoms with van der Waals surface area (Å²) in [5, 5.41) is 11.9. The topological polar surface area (TPSA) is 77.1 Å². The van der Waals surface area contributed by atoms with Crippen LogP contribution in [0.2, 0.25) is 0 Å². The number of amides is 1. The van der Waals surface area contributed by atoms with Crippen molar-refractivity contribution >= 4 is 11.6 Å². The first-order valence-electron chi connectivity index (χ1n) is 9.74. The molecular weight excluding hydrogens is 383 g/mol. The molecule has 0 aliphatic rings. The van der Waals surface area contributed by atoms with Crippen molar-refractivity contribution < 1.29 is 9.18 Å². The van der Waals surface area contributed by atoms with Gasteiger partial charge in [0.15, 0.2) is 11.3 Å². The minimum Gasteiger partial charge on any atom is -0.348 e. The Labute approximate surface area is 173 Å². The number of hydrogen-bond acceptors (Lipinski definition) is 4. The molecule has 4 aromatic rings. The fourth-order valence-electron chi connectivity index (χ4n) is 3.61. The van der Waals surface area contributed by atoms with Crippen LogP contribution in [0.5, 0.6) is 0 Å². The maximum absolute atomic E-state index is 13.3. The highest BCUT2D eigenvalue weighted by atomic mass is 19.1. The highest BCUT2D eigenvalue weighted by Crippen LogP contribution is 2.20. The van der Waals surface area contributed by atoms with Crippen molar-refractivity contribution in [2.24, 2.45) is 7.05 Å². The van der Waals surface area contributed by atoms with Gasteiger partial charge in [-0.25, -0.2) is 13.9 Å². The first-order valence-corrected chi connectivity index (χ1v) is 9.74. The van der Waals surface area contributed by atoms with E-state index in [2.05, 4.69) is 20.5 Å². The van der Waals surface area contributed by atoms with E-state index < -0.39 is 0 Å². The summed E-state index contributed by atoms with van der Waals surface area (Å²) < 4.78 is 16.7. The highest BCUT2D eigenvalue weighted by Gasteiger charge is 2.18. The number of nitrogens with one attached hydrogen (secondary N) is 1. The van der Waals surface area contributed by atoms with Crippen LogP contribution >= 0.6 is 0 Å². The molecule has 4 rings (SSSR count). The van der Waals surface area contributed by atoms with Gasteiger partial charge in [0, 0.05) is 36.6 Å². The van der Waals surface area contributed by atoms with Gasteiger partial charge in [-0.2, -0.15) is 10.2 Å². The van der Waals surface area contributed by atoms with E-state index in [0.29, 0.717) is 12.1 Å². The van der Waals surface area contributed by atoms with Gasteiger partial charge in [0.25, 0.3) is 5.91 Å². The summed E-state index contributed by atoms with van der Waals surface area (Å²) in [6.07, 6.45) is 2.33. The van der Waals surface area contributed by atoms with Crippen LogP contribution in [0.25, 0.3) is 16.9 Å². The molecule has 0 saturated carbocycles. The molecule has 30 heavy (non-hydrogen) atoms. The van der Waals surface area contributed by atoms with Crippen molar-refractivity contribution in [2.45, 2.75) is 33.2 Å². The molecule has 1 N–H and O–H groups in total. The molecule has 1 atom stereocenters. The van der Waals surface area contributed by atoms with Crippen molar-refractivity contribution in [3.8, 4) is 11.3 Å². The van der Waals surface area contributed by atoms with Gasteiger partial charge in [0.05, 0.1) is 11.4 Å². The first kappa shape index (κ1) is 19.8. The Hall–Kier alpha value is -3.55. The fraction of sp³-hybridized carbons (Fsp3) is 0.273. The number of fused-ring (bicyclic) bond motifs is 1. The maximum Gasteiger partial charge on any atom is 0.272 e. The van der Waals surface area contributed by atoms with Gasteiger partial charge in [-0.15, -0.1) is 0 Å². The number of carbonyl (C=O) groups excluding carboxylic acids is 1. The Morgan fingerprint density at radius 3 is 2.57 bits per heavy atom. The number of halogens is 1. The van der Waals surface area contributed by atoms with E-state index in [-0.39, 0.29) is 23.5 Å². The van der Waals surface area contributed by atoms with Crippen LogP contribution in [-0.4, -0.2) is 36.3 Å². The zero-order chi connectivity index (χ0) is 21.4. The molecule has 1 aromatic carbocycles. The third-order valence-corrected chi connectivity index (χ3v) is 5.28. The van der Waals surface area contributed by atoms with Crippen LogP contribution < -0.4 is 5.32 Å². The molecular formula is C22H23FN6O. The van der Waals surface area contributed by atoms with Crippen LogP contribution in [0.15, 0.2) is 42.6 Å². The van der Waals surface area contributed by atoms with Crippen LogP contribution in [0.3, 0.4) is 0 Å². The van der Waals surface area contributed by atoms with Gasteiger partial charge in [-0.1, -0.05) is 0 Å². The SMILES string of the molecule is Cc1nn(C)c(C)c1C[C@H](C)NC(=O)c1cc2nccc(-c3ccc(F)cc3)n2n1. The number of rotatable bonds is 5. The van der Waals surface area contributed by atoms with Crippen LogP contribution in [-0.2, 0) is 13.5 Å². The van der Waals surface area contributed by atoms with Crippen molar-refractivity contribution in [3.05, 3.63) is 71.1 Å². The van der Waals surface area contributed by atoms with Gasteiger partial charge >= 0.3 is 0 Å². The predicted octanol–water partition coefficient (Wildman–Crippen LogP) is 3.25. The Balaban J connectivity index is 1.56. The summed E-state index contributed by atoms with van der Waals surface area (Å²) in [7, 11) is 1.91. The van der Waals surface area contributed by atoms with Crippen molar-refractivity contribution in [1.29, 1.82) is 0 Å². The molecule has 0 spiro atoms. The van der Waals surface area contributed by atoms with E-state index in [1.54, 1.807) is 35.0 Å². The number of hydrogen-bond donors (Lipinski definition) is 1. The summed E-state index contributed by atoms with van der Waals surface area (Å²) >= 11 is 0. The van der Waals surface area contributed by atoms with Crippen LogP contribution in [0.1, 0.15) is 34.4 Å². The minimum atomic E-state index is -0.308. The summed E-state index contributed by atoms with van der Waals surface area (Å²) in [5.74, 6) is -0.574. The van der Waals surface area contributed by atoms with Gasteiger partial charge in [-0.3, -0.25) is 9.48 Å². The van der Waals surface area contributed by atoms with E-state index in [0.717, 1.165) is 28.2 Å². The molecule has 3 aromatic heterocycles. The molecule has 0 aliphatic heterocycles. The number of benzene rings is 1. The first-order chi connectivity index (χ1) is 14.3. The predicted molar refractivity (Wildman–Crippen MR) is 112 cm³/mol. The molecule has 1 amide bonds. The lowest BCUT2D eigenvalue weighted by Crippen LogP contribution is -2.34. The monoisotopic (exact) mass is 406 g/mol. The van der Waals surface area contributed by atoms with E-state index in [1.165, 1.54) is 12.1 Å². The van der Waals surface area contributed by atoms with Gasteiger partial charge < -0.3 is 5.32 Å². The Morgan fingerprint density at radius 1 is 1.17 bits per heavy atom. The second-order valence-electron chi connectivity index (χ2n) is 7.49. The van der Waals surface area contributed by atoms with E-state index in [1.807, 2.05) is 32.5 Å². The Kier molecular flexibility index (Phi) is 5.07. The Bertz CT molecular complexity index is 1220. The van der Waals surface area contributed by atoms with E-state index in [9.17, 15) is 9.18 Å². The third-order valence-electron chi connectivity index (χ3n) is 5.28. The second-order valence-corrected chi connectivity index (χ2v) is 7.49. The molecule has 3 heterocycles. The molecule has 0 aliphatic carbocycles. The van der Waals surface area contributed by atoms with Crippen LogP contribution in [0.4, 0.5) is 4.39 Å². The Morgan fingerprint density at radius 2 is 1.90 bits per heavy atom. The summed E-state index contributed by atoms with van der Waals surface area (Å²) in [6.45, 7) is 5.96. The number of aromatic nitrogens is 5. The zero-order valence-corrected chi connectivity index (χ0v) is 17.3. The van der Waals surface area contributed by atoms with Gasteiger partial charge in [-0.05, 0) is 63.1 Å². The van der Waals surface area contributed by atoms with Crippen molar-refractivity contribution in [3.63, 3.8) is 0 Å². The minimum absolute atomic E-state index is 0.0894. The lowest BCUT2D eigenvalue weighted by molar-refractivity contribution is 0.0934. The van der Waals surface area contributed by atoms with E-state index in [4.69, 9.17) is 0 Å². The maximum atomic E-state index is 13.3. The molecule has 8 heteroatoms. The quantitative estimate of drug-likeness (QED) is 0.552. The normalized spacial score (nSPS) is 12.3. The molecule has 0 bridgehead atoms. The second kappa shape index (κ2) is 7.70. The van der Waals surface area contributed by atoms with Gasteiger partial charge in [0.2, 0.25) is 0 Å². The average Bonchev–Trinajstić information content (AvgIpc) is 3.25. The summed E-state index contributed by atoms with van der Waals surface area (Å²) in [6, 6.07) is 9.47. The average molecular weight is 406 g/mol. The molecule has 154 valence electrons. The molecule has 0 fully saturated rings. The molecule has 7 nitrogen and oxygen atoms in total. The molecule has 0 unspecified atom stereocenters. The standard InChI is InChI=1S/C22H23FN6O/c1-13(11-18-14(2)26-28(4)15(18)3)25-22(30)19-12-21-24-10-9-20(29(21)27-19)16-5-7-17(23)8-6-16/h5-10,12-13H,11H2,1-4H3,(H,25,30)/t13-/m0/s1. The molecule has 0 saturated heterocycles. The summed E-state index contributed by atoms with van der Waals surface area (Å²) in [4.78, 5) is 17.1. The number of nitrogens with zero attached hydrogens (tertiary/aromatic N) is 5. The number of carbonyl (C=O) groups is 1. The smallest absolute Gasteiger partial charge is 0.272 e. The fourth-order valence-corrected chi connectivity index (χ4v) is 3.61. The van der Waals surface area contributed by atoms with Crippen molar-refractivity contribution in [1.82, 2.24) is 29.7 Å². The van der Waals surface area contributed by atoms with Gasteiger partial charge in [0.1, 0.15) is 5.82 Å². The lowest BCUT2D eigenvalue weighted by atomic mass is 10.1. The molecule has 0 radical (unpaired) electrons. The largest absolute Gasteiger partial charge is 0.348 e. The van der Waals surface area contributed by atoms with Crippen LogP contribution in [0, 0.1) is 19.7 Å². The van der Waals surface area contributed by atoms with Crippen molar-refractivity contribution in [2.75, 3.05) is 0 Å².